The van der Waals surface area contributed by atoms with Gasteiger partial charge in [-0.05, 0) is 52.3 Å². The summed E-state index contributed by atoms with van der Waals surface area (Å²) in [5.74, 6) is 1.83. The van der Waals surface area contributed by atoms with Crippen LogP contribution < -0.4 is 0 Å². The number of aryl methyl sites for hydroxylation is 2. The molecule has 1 unspecified atom stereocenters. The molecule has 0 bridgehead atoms. The van der Waals surface area contributed by atoms with Crippen molar-refractivity contribution in [1.29, 1.82) is 0 Å². The molecule has 0 spiro atoms. The van der Waals surface area contributed by atoms with Crippen molar-refractivity contribution >= 4 is 22.5 Å². The largest absolute Gasteiger partial charge is 0.241 e. The van der Waals surface area contributed by atoms with Crippen molar-refractivity contribution in [2.45, 2.75) is 30.7 Å². The van der Waals surface area contributed by atoms with Crippen LogP contribution in [-0.4, -0.2) is 10.7 Å². The van der Waals surface area contributed by atoms with E-state index in [0.717, 1.165) is 12.8 Å². The standard InChI is InChI=1S/C20H17NS/c1-12-11-22-20-17(12)10-16-7-6-15-8-13-4-2-3-5-14(13)9-18(15)19(16)21-20/h2-5,8-10,12H,6-7,11H2,1H3. The van der Waals surface area contributed by atoms with Crippen molar-refractivity contribution in [3.05, 3.63) is 59.2 Å². The first kappa shape index (κ1) is 12.7. The van der Waals surface area contributed by atoms with Crippen LogP contribution in [0.2, 0.25) is 0 Å². The van der Waals surface area contributed by atoms with Gasteiger partial charge >= 0.3 is 0 Å². The van der Waals surface area contributed by atoms with Crippen molar-refractivity contribution in [1.82, 2.24) is 4.98 Å². The molecule has 2 aliphatic rings. The maximum atomic E-state index is 5.06. The minimum atomic E-state index is 0.649. The number of aromatic nitrogens is 1. The fraction of sp³-hybridized carbons (Fsp3) is 0.250. The van der Waals surface area contributed by atoms with Crippen LogP contribution in [0.15, 0.2) is 47.5 Å². The smallest absolute Gasteiger partial charge is 0.100 e. The molecule has 0 fully saturated rings. The molecule has 0 radical (unpaired) electrons. The number of nitrogens with zero attached hydrogens (tertiary/aromatic N) is 1. The van der Waals surface area contributed by atoms with Gasteiger partial charge in [-0.1, -0.05) is 43.3 Å². The van der Waals surface area contributed by atoms with Crippen LogP contribution in [0.25, 0.3) is 22.0 Å². The summed E-state index contributed by atoms with van der Waals surface area (Å²) >= 11 is 1.92. The zero-order valence-corrected chi connectivity index (χ0v) is 13.4. The van der Waals surface area contributed by atoms with Crippen LogP contribution in [0.3, 0.4) is 0 Å². The maximum Gasteiger partial charge on any atom is 0.100 e. The number of rotatable bonds is 0. The summed E-state index contributed by atoms with van der Waals surface area (Å²) in [5.41, 5.74) is 6.94. The third kappa shape index (κ3) is 1.77. The van der Waals surface area contributed by atoms with Crippen LogP contribution in [0.5, 0.6) is 0 Å². The molecule has 0 N–H and O–H groups in total. The molecule has 1 aliphatic heterocycles. The molecule has 0 saturated heterocycles. The average Bonchev–Trinajstić information content (AvgIpc) is 2.92. The molecule has 1 aromatic heterocycles. The predicted molar refractivity (Wildman–Crippen MR) is 93.7 cm³/mol. The molecule has 0 saturated carbocycles. The van der Waals surface area contributed by atoms with E-state index < -0.39 is 0 Å². The first-order chi connectivity index (χ1) is 10.8. The summed E-state index contributed by atoms with van der Waals surface area (Å²) in [6, 6.07) is 15.8. The van der Waals surface area contributed by atoms with Crippen molar-refractivity contribution in [2.24, 2.45) is 0 Å². The number of hydrogen-bond donors (Lipinski definition) is 0. The highest BCUT2D eigenvalue weighted by Crippen LogP contribution is 2.43. The fourth-order valence-corrected chi connectivity index (χ4v) is 4.90. The molecule has 2 heterocycles. The Bertz CT molecular complexity index is 913. The van der Waals surface area contributed by atoms with Crippen molar-refractivity contribution in [3.63, 3.8) is 0 Å². The summed E-state index contributed by atoms with van der Waals surface area (Å²) < 4.78 is 0. The van der Waals surface area contributed by atoms with E-state index in [1.807, 2.05) is 11.8 Å². The van der Waals surface area contributed by atoms with E-state index in [0.29, 0.717) is 5.92 Å². The number of thioether (sulfide) groups is 1. The van der Waals surface area contributed by atoms with Gasteiger partial charge in [0.2, 0.25) is 0 Å². The minimum Gasteiger partial charge on any atom is -0.241 e. The van der Waals surface area contributed by atoms with Crippen molar-refractivity contribution < 1.29 is 0 Å². The Morgan fingerprint density at radius 1 is 1.00 bits per heavy atom. The second-order valence-electron chi connectivity index (χ2n) is 6.46. The topological polar surface area (TPSA) is 12.9 Å². The molecule has 22 heavy (non-hydrogen) atoms. The van der Waals surface area contributed by atoms with Crippen LogP contribution in [0.1, 0.15) is 29.5 Å². The zero-order valence-electron chi connectivity index (χ0n) is 12.6. The molecule has 1 nitrogen and oxygen atoms in total. The molecular weight excluding hydrogens is 286 g/mol. The Morgan fingerprint density at radius 2 is 1.77 bits per heavy atom. The number of pyridine rings is 1. The lowest BCUT2D eigenvalue weighted by Crippen LogP contribution is -2.07. The number of fused-ring (bicyclic) bond motifs is 5. The molecule has 108 valence electrons. The molecule has 1 aliphatic carbocycles. The zero-order chi connectivity index (χ0) is 14.7. The highest BCUT2D eigenvalue weighted by Gasteiger charge is 2.26. The van der Waals surface area contributed by atoms with E-state index in [1.54, 1.807) is 0 Å². The van der Waals surface area contributed by atoms with Crippen LogP contribution >= 0.6 is 11.8 Å². The van der Waals surface area contributed by atoms with E-state index in [9.17, 15) is 0 Å². The van der Waals surface area contributed by atoms with E-state index in [2.05, 4.69) is 49.4 Å². The Hall–Kier alpha value is -1.80. The van der Waals surface area contributed by atoms with Gasteiger partial charge in [0, 0.05) is 11.3 Å². The van der Waals surface area contributed by atoms with E-state index in [4.69, 9.17) is 4.98 Å². The monoisotopic (exact) mass is 303 g/mol. The quantitative estimate of drug-likeness (QED) is 0.565. The SMILES string of the molecule is CC1CSc2nc3c(cc21)CCc1cc2ccccc2cc1-3. The Balaban J connectivity index is 1.77. The summed E-state index contributed by atoms with van der Waals surface area (Å²) in [5, 5.41) is 3.92. The summed E-state index contributed by atoms with van der Waals surface area (Å²) in [6.07, 6.45) is 2.26. The molecule has 5 rings (SSSR count). The van der Waals surface area contributed by atoms with Crippen LogP contribution in [0, 0.1) is 0 Å². The number of hydrogen-bond acceptors (Lipinski definition) is 2. The molecule has 3 aromatic rings. The maximum absolute atomic E-state index is 5.06. The molecular formula is C20H17NS. The minimum absolute atomic E-state index is 0.649. The molecule has 2 aromatic carbocycles. The normalized spacial score (nSPS) is 18.9. The van der Waals surface area contributed by atoms with E-state index >= 15 is 0 Å². The van der Waals surface area contributed by atoms with Crippen molar-refractivity contribution in [3.8, 4) is 11.3 Å². The predicted octanol–water partition coefficient (Wildman–Crippen LogP) is 5.21. The second-order valence-corrected chi connectivity index (χ2v) is 7.47. The lowest BCUT2D eigenvalue weighted by atomic mass is 9.86. The van der Waals surface area contributed by atoms with E-state index in [-0.39, 0.29) is 0 Å². The van der Waals surface area contributed by atoms with Crippen LogP contribution in [0.4, 0.5) is 0 Å². The van der Waals surface area contributed by atoms with Gasteiger partial charge in [-0.25, -0.2) is 4.98 Å². The van der Waals surface area contributed by atoms with Crippen LogP contribution in [-0.2, 0) is 12.8 Å². The third-order valence-corrected chi connectivity index (χ3v) is 6.25. The molecule has 0 amide bonds. The third-order valence-electron chi connectivity index (χ3n) is 4.99. The fourth-order valence-electron chi connectivity index (χ4n) is 3.73. The summed E-state index contributed by atoms with van der Waals surface area (Å²) in [4.78, 5) is 5.06. The average molecular weight is 303 g/mol. The van der Waals surface area contributed by atoms with Gasteiger partial charge in [-0.3, -0.25) is 0 Å². The summed E-state index contributed by atoms with van der Waals surface area (Å²) in [6.45, 7) is 2.32. The van der Waals surface area contributed by atoms with Gasteiger partial charge in [0.05, 0.1) is 5.69 Å². The molecule has 2 heteroatoms. The van der Waals surface area contributed by atoms with E-state index in [1.165, 1.54) is 49.5 Å². The van der Waals surface area contributed by atoms with Crippen molar-refractivity contribution in [2.75, 3.05) is 5.75 Å². The lowest BCUT2D eigenvalue weighted by Gasteiger charge is -2.21. The Kier molecular flexibility index (Phi) is 2.66. The van der Waals surface area contributed by atoms with Gasteiger partial charge in [0.1, 0.15) is 5.03 Å². The highest BCUT2D eigenvalue weighted by molar-refractivity contribution is 7.99. The summed E-state index contributed by atoms with van der Waals surface area (Å²) in [7, 11) is 0. The van der Waals surface area contributed by atoms with Gasteiger partial charge < -0.3 is 0 Å². The highest BCUT2D eigenvalue weighted by atomic mass is 32.2. The Morgan fingerprint density at radius 3 is 2.64 bits per heavy atom. The first-order valence-corrected chi connectivity index (χ1v) is 8.97. The van der Waals surface area contributed by atoms with Gasteiger partial charge in [0.15, 0.2) is 0 Å². The van der Waals surface area contributed by atoms with Gasteiger partial charge in [0.25, 0.3) is 0 Å². The Labute approximate surface area is 134 Å². The van der Waals surface area contributed by atoms with Gasteiger partial charge in [-0.15, -0.1) is 11.8 Å². The number of benzene rings is 2. The molecule has 1 atom stereocenters. The second kappa shape index (κ2) is 4.60. The van der Waals surface area contributed by atoms with Gasteiger partial charge in [-0.2, -0.15) is 0 Å². The lowest BCUT2D eigenvalue weighted by molar-refractivity contribution is 0.840. The first-order valence-electron chi connectivity index (χ1n) is 7.98.